The molecule has 30 heavy (non-hydrogen) atoms. The van der Waals surface area contributed by atoms with Gasteiger partial charge in [-0.25, -0.2) is 19.2 Å². The lowest BCUT2D eigenvalue weighted by Gasteiger charge is -2.26. The van der Waals surface area contributed by atoms with Crippen molar-refractivity contribution in [1.82, 2.24) is 4.90 Å². The van der Waals surface area contributed by atoms with Gasteiger partial charge < -0.3 is 28.7 Å². The fourth-order valence-electron chi connectivity index (χ4n) is 1.94. The molecule has 0 spiro atoms. The Hall–Kier alpha value is -2.53. The Morgan fingerprint density at radius 2 is 1.20 bits per heavy atom. The normalized spacial score (nSPS) is 11.8. The first-order chi connectivity index (χ1) is 14.1. The molecule has 0 aromatic carbocycles. The van der Waals surface area contributed by atoms with Crippen LogP contribution in [0, 0.1) is 0 Å². The van der Waals surface area contributed by atoms with Gasteiger partial charge in [-0.05, 0) is 13.8 Å². The number of nitrogens with zero attached hydrogens (tertiary/aromatic N) is 1. The smallest absolute Gasteiger partial charge is 0.344 e. The van der Waals surface area contributed by atoms with E-state index in [1.807, 2.05) is 0 Å². The highest BCUT2D eigenvalue weighted by Gasteiger charge is 2.27. The molecule has 0 bridgehead atoms. The highest BCUT2D eigenvalue weighted by molar-refractivity contribution is 7.53. The molecular formula is C17H26NO11P. The predicted molar refractivity (Wildman–Crippen MR) is 103 cm³/mol. The number of carbonyl (C=O) groups excluding carboxylic acids is 2. The Morgan fingerprint density at radius 3 is 1.53 bits per heavy atom. The lowest BCUT2D eigenvalue weighted by Crippen LogP contribution is -2.33. The molecule has 13 heteroatoms. The quantitative estimate of drug-likeness (QED) is 0.193. The van der Waals surface area contributed by atoms with E-state index in [9.17, 15) is 23.7 Å². The summed E-state index contributed by atoms with van der Waals surface area (Å²) >= 11 is 0. The van der Waals surface area contributed by atoms with E-state index in [4.69, 9.17) is 28.7 Å². The molecule has 0 unspecified atom stereocenters. The standard InChI is InChI=1S/C17H26NO11P/c1-3-28-30(25,29-4-2)13-18(9-11-26-16(23)7-5-14(19)20)10-12-27-17(24)8-6-15(21)22/h5-8H,3-4,9-13H2,1-2H3,(H,19,20)(H,21,22)/b7-5-,8-6-. The molecule has 0 atom stereocenters. The van der Waals surface area contributed by atoms with E-state index in [0.29, 0.717) is 12.2 Å². The lowest BCUT2D eigenvalue weighted by atomic mass is 10.5. The minimum atomic E-state index is -3.49. The largest absolute Gasteiger partial charge is 0.478 e. The van der Waals surface area contributed by atoms with Crippen LogP contribution in [0.2, 0.25) is 0 Å². The first kappa shape index (κ1) is 27.5. The molecule has 12 nitrogen and oxygen atoms in total. The highest BCUT2D eigenvalue weighted by Crippen LogP contribution is 2.48. The van der Waals surface area contributed by atoms with Crippen molar-refractivity contribution in [3.05, 3.63) is 24.3 Å². The van der Waals surface area contributed by atoms with Crippen LogP contribution in [-0.2, 0) is 42.3 Å². The summed E-state index contributed by atoms with van der Waals surface area (Å²) in [6.07, 6.45) is 2.56. The van der Waals surface area contributed by atoms with Crippen molar-refractivity contribution in [3.8, 4) is 0 Å². The number of ether oxygens (including phenoxy) is 2. The Balaban J connectivity index is 4.88. The van der Waals surface area contributed by atoms with Gasteiger partial charge in [0, 0.05) is 37.4 Å². The zero-order chi connectivity index (χ0) is 23.0. The number of hydrogen-bond acceptors (Lipinski definition) is 10. The molecule has 0 aliphatic carbocycles. The molecule has 0 fully saturated rings. The number of esters is 2. The molecule has 0 radical (unpaired) electrons. The van der Waals surface area contributed by atoms with Gasteiger partial charge in [0.15, 0.2) is 0 Å². The molecule has 170 valence electrons. The summed E-state index contributed by atoms with van der Waals surface area (Å²) in [5, 5.41) is 16.9. The molecule has 2 N–H and O–H groups in total. The van der Waals surface area contributed by atoms with Crippen LogP contribution in [0.15, 0.2) is 24.3 Å². The summed E-state index contributed by atoms with van der Waals surface area (Å²) in [7, 11) is -3.49. The van der Waals surface area contributed by atoms with Crippen molar-refractivity contribution in [2.24, 2.45) is 0 Å². The molecule has 0 aliphatic rings. The fraction of sp³-hybridized carbons (Fsp3) is 0.529. The maximum atomic E-state index is 12.7. The van der Waals surface area contributed by atoms with Crippen LogP contribution in [0.5, 0.6) is 0 Å². The van der Waals surface area contributed by atoms with E-state index in [1.165, 1.54) is 4.90 Å². The number of carbonyl (C=O) groups is 4. The van der Waals surface area contributed by atoms with Crippen LogP contribution in [0.4, 0.5) is 0 Å². The summed E-state index contributed by atoms with van der Waals surface area (Å²) in [6.45, 7) is 3.32. The summed E-state index contributed by atoms with van der Waals surface area (Å²) in [5.41, 5.74) is 0. The van der Waals surface area contributed by atoms with E-state index in [1.54, 1.807) is 13.8 Å². The molecule has 0 aliphatic heterocycles. The average molecular weight is 451 g/mol. The number of carboxylic acids is 2. The van der Waals surface area contributed by atoms with Gasteiger partial charge in [-0.2, -0.15) is 0 Å². The third-order valence-corrected chi connectivity index (χ3v) is 5.10. The molecular weight excluding hydrogens is 425 g/mol. The van der Waals surface area contributed by atoms with Crippen LogP contribution >= 0.6 is 7.60 Å². The van der Waals surface area contributed by atoms with Crippen molar-refractivity contribution in [1.29, 1.82) is 0 Å². The van der Waals surface area contributed by atoms with Crippen LogP contribution < -0.4 is 0 Å². The van der Waals surface area contributed by atoms with Crippen molar-refractivity contribution in [3.63, 3.8) is 0 Å². The van der Waals surface area contributed by atoms with Gasteiger partial charge >= 0.3 is 31.5 Å². The SMILES string of the molecule is CCOP(=O)(CN(CCOC(=O)/C=C\C(=O)O)CCOC(=O)/C=C\C(=O)O)OCC. The molecule has 0 saturated heterocycles. The monoisotopic (exact) mass is 451 g/mol. The Morgan fingerprint density at radius 1 is 0.800 bits per heavy atom. The van der Waals surface area contributed by atoms with E-state index < -0.39 is 31.5 Å². The predicted octanol–water partition coefficient (Wildman–Crippen LogP) is 0.880. The second-order valence-electron chi connectivity index (χ2n) is 5.38. The molecule has 0 saturated carbocycles. The van der Waals surface area contributed by atoms with Gasteiger partial charge in [0.2, 0.25) is 0 Å². The third-order valence-electron chi connectivity index (χ3n) is 3.05. The minimum Gasteiger partial charge on any atom is -0.478 e. The van der Waals surface area contributed by atoms with Crippen molar-refractivity contribution in [2.45, 2.75) is 13.8 Å². The molecule has 0 aromatic rings. The van der Waals surface area contributed by atoms with E-state index in [-0.39, 0.29) is 45.8 Å². The fourth-order valence-corrected chi connectivity index (χ4v) is 3.73. The second kappa shape index (κ2) is 15.3. The summed E-state index contributed by atoms with van der Waals surface area (Å²) in [5.74, 6) is -4.36. The van der Waals surface area contributed by atoms with E-state index in [2.05, 4.69) is 0 Å². The van der Waals surface area contributed by atoms with Gasteiger partial charge in [-0.15, -0.1) is 0 Å². The lowest BCUT2D eigenvalue weighted by molar-refractivity contribution is -0.139. The average Bonchev–Trinajstić information content (AvgIpc) is 2.64. The topological polar surface area (TPSA) is 166 Å². The molecule has 0 aromatic heterocycles. The second-order valence-corrected chi connectivity index (χ2v) is 7.41. The number of carboxylic acid groups (broad SMARTS) is 2. The van der Waals surface area contributed by atoms with Crippen LogP contribution in [-0.4, -0.2) is 84.8 Å². The highest BCUT2D eigenvalue weighted by atomic mass is 31.2. The van der Waals surface area contributed by atoms with Crippen molar-refractivity contribution in [2.75, 3.05) is 45.8 Å². The number of aliphatic carboxylic acids is 2. The van der Waals surface area contributed by atoms with Crippen molar-refractivity contribution < 1.29 is 52.5 Å². The van der Waals surface area contributed by atoms with E-state index in [0.717, 1.165) is 12.2 Å². The molecule has 0 amide bonds. The van der Waals surface area contributed by atoms with Gasteiger partial charge in [-0.1, -0.05) is 0 Å². The molecule has 0 heterocycles. The summed E-state index contributed by atoms with van der Waals surface area (Å²) in [4.78, 5) is 45.1. The number of hydrogen-bond donors (Lipinski definition) is 2. The van der Waals surface area contributed by atoms with Crippen molar-refractivity contribution >= 4 is 31.5 Å². The Kier molecular flexibility index (Phi) is 14.0. The summed E-state index contributed by atoms with van der Waals surface area (Å²) in [6, 6.07) is 0. The maximum absolute atomic E-state index is 12.7. The van der Waals surface area contributed by atoms with Gasteiger partial charge in [0.25, 0.3) is 0 Å². The van der Waals surface area contributed by atoms with E-state index >= 15 is 0 Å². The molecule has 0 rings (SSSR count). The van der Waals surface area contributed by atoms with Crippen LogP contribution in [0.25, 0.3) is 0 Å². The Bertz CT molecular complexity index is 637. The summed E-state index contributed by atoms with van der Waals surface area (Å²) < 4.78 is 32.9. The van der Waals surface area contributed by atoms with Crippen LogP contribution in [0.1, 0.15) is 13.8 Å². The van der Waals surface area contributed by atoms with Crippen LogP contribution in [0.3, 0.4) is 0 Å². The zero-order valence-corrected chi connectivity index (χ0v) is 17.6. The van der Waals surface area contributed by atoms with Gasteiger partial charge in [0.05, 0.1) is 13.2 Å². The van der Waals surface area contributed by atoms with Gasteiger partial charge in [0.1, 0.15) is 19.5 Å². The minimum absolute atomic E-state index is 0.0549. The number of rotatable bonds is 16. The maximum Gasteiger partial charge on any atom is 0.344 e. The zero-order valence-electron chi connectivity index (χ0n) is 16.7. The van der Waals surface area contributed by atoms with Gasteiger partial charge in [-0.3, -0.25) is 9.46 Å². The first-order valence-electron chi connectivity index (χ1n) is 8.87. The first-order valence-corrected chi connectivity index (χ1v) is 10.6. The third kappa shape index (κ3) is 14.5. The Labute approximate surface area is 173 Å².